The molecule has 3 nitrogen and oxygen atoms in total. The van der Waals surface area contributed by atoms with Crippen molar-refractivity contribution in [3.05, 3.63) is 27.2 Å². The molecule has 0 saturated carbocycles. The molecule has 1 saturated heterocycles. The Morgan fingerprint density at radius 2 is 1.41 bits per heavy atom. The lowest BCUT2D eigenvalue weighted by atomic mass is 10.1. The van der Waals surface area contributed by atoms with Crippen molar-refractivity contribution >= 4 is 52.3 Å². The van der Waals surface area contributed by atoms with E-state index in [1.54, 1.807) is 0 Å². The molecule has 1 aliphatic heterocycles. The van der Waals surface area contributed by atoms with Gasteiger partial charge in [-0.2, -0.15) is 0 Å². The Labute approximate surface area is 113 Å². The van der Waals surface area contributed by atoms with E-state index in [1.165, 1.54) is 12.1 Å². The SMILES string of the molecule is O=C1CCCC(=O)N1c1c(Cl)cc(Cl)cc1Cl. The summed E-state index contributed by atoms with van der Waals surface area (Å²) in [4.78, 5) is 24.5. The van der Waals surface area contributed by atoms with Crippen molar-refractivity contribution in [3.63, 3.8) is 0 Å². The highest BCUT2D eigenvalue weighted by atomic mass is 35.5. The lowest BCUT2D eigenvalue weighted by Crippen LogP contribution is -2.40. The molecule has 1 heterocycles. The summed E-state index contributed by atoms with van der Waals surface area (Å²) in [6.45, 7) is 0. The van der Waals surface area contributed by atoms with Crippen LogP contribution < -0.4 is 4.90 Å². The van der Waals surface area contributed by atoms with Gasteiger partial charge in [-0.15, -0.1) is 0 Å². The quantitative estimate of drug-likeness (QED) is 0.740. The average molecular weight is 293 g/mol. The minimum Gasteiger partial charge on any atom is -0.274 e. The van der Waals surface area contributed by atoms with Gasteiger partial charge in [0.1, 0.15) is 0 Å². The highest BCUT2D eigenvalue weighted by molar-refractivity contribution is 6.43. The van der Waals surface area contributed by atoms with Crippen molar-refractivity contribution in [1.82, 2.24) is 0 Å². The third kappa shape index (κ3) is 2.41. The van der Waals surface area contributed by atoms with Gasteiger partial charge in [-0.3, -0.25) is 9.59 Å². The Morgan fingerprint density at radius 1 is 0.941 bits per heavy atom. The Morgan fingerprint density at radius 3 is 1.88 bits per heavy atom. The molecule has 0 unspecified atom stereocenters. The molecule has 2 rings (SSSR count). The minimum atomic E-state index is -0.285. The molecule has 2 amide bonds. The van der Waals surface area contributed by atoms with Crippen LogP contribution in [0.4, 0.5) is 5.69 Å². The molecular formula is C11H8Cl3NO2. The average Bonchev–Trinajstić information content (AvgIpc) is 2.21. The van der Waals surface area contributed by atoms with E-state index in [1.807, 2.05) is 0 Å². The van der Waals surface area contributed by atoms with Crippen molar-refractivity contribution in [2.24, 2.45) is 0 Å². The van der Waals surface area contributed by atoms with E-state index in [2.05, 4.69) is 0 Å². The number of hydrogen-bond donors (Lipinski definition) is 0. The fraction of sp³-hybridized carbons (Fsp3) is 0.273. The molecule has 0 aliphatic carbocycles. The summed E-state index contributed by atoms with van der Waals surface area (Å²) >= 11 is 17.7. The number of halogens is 3. The van der Waals surface area contributed by atoms with E-state index in [0.717, 1.165) is 4.90 Å². The number of hydrogen-bond acceptors (Lipinski definition) is 2. The lowest BCUT2D eigenvalue weighted by Gasteiger charge is -2.26. The van der Waals surface area contributed by atoms with Crippen LogP contribution in [0.25, 0.3) is 0 Å². The van der Waals surface area contributed by atoms with Gasteiger partial charge < -0.3 is 0 Å². The predicted octanol–water partition coefficient (Wildman–Crippen LogP) is 3.69. The fourth-order valence-electron chi connectivity index (χ4n) is 1.75. The molecule has 0 bridgehead atoms. The van der Waals surface area contributed by atoms with Gasteiger partial charge >= 0.3 is 0 Å². The largest absolute Gasteiger partial charge is 0.274 e. The molecule has 6 heteroatoms. The molecule has 90 valence electrons. The van der Waals surface area contributed by atoms with Gasteiger partial charge in [-0.25, -0.2) is 4.90 Å². The van der Waals surface area contributed by atoms with Gasteiger partial charge in [0.05, 0.1) is 15.7 Å². The number of carbonyl (C=O) groups is 2. The molecule has 1 fully saturated rings. The summed E-state index contributed by atoms with van der Waals surface area (Å²) in [5.41, 5.74) is 0.229. The van der Waals surface area contributed by atoms with Crippen molar-refractivity contribution < 1.29 is 9.59 Å². The van der Waals surface area contributed by atoms with Crippen LogP contribution in [0.15, 0.2) is 12.1 Å². The third-order valence-electron chi connectivity index (χ3n) is 2.49. The van der Waals surface area contributed by atoms with Gasteiger partial charge in [-0.05, 0) is 18.6 Å². The molecule has 1 aliphatic rings. The Kier molecular flexibility index (Phi) is 3.61. The van der Waals surface area contributed by atoms with E-state index in [-0.39, 0.29) is 27.5 Å². The smallest absolute Gasteiger partial charge is 0.233 e. The summed E-state index contributed by atoms with van der Waals surface area (Å²) in [6, 6.07) is 2.92. The number of amides is 2. The normalized spacial score (nSPS) is 16.5. The number of piperidine rings is 1. The zero-order chi connectivity index (χ0) is 12.6. The Balaban J connectivity index is 2.52. The summed E-state index contributed by atoms with van der Waals surface area (Å²) in [7, 11) is 0. The third-order valence-corrected chi connectivity index (χ3v) is 3.28. The van der Waals surface area contributed by atoms with Gasteiger partial charge in [-0.1, -0.05) is 34.8 Å². The zero-order valence-electron chi connectivity index (χ0n) is 8.67. The molecule has 1 aromatic carbocycles. The Hall–Kier alpha value is -0.770. The van der Waals surface area contributed by atoms with E-state index < -0.39 is 0 Å². The molecule has 1 aromatic rings. The second kappa shape index (κ2) is 4.84. The second-order valence-corrected chi connectivity index (χ2v) is 4.95. The van der Waals surface area contributed by atoms with Gasteiger partial charge in [0, 0.05) is 17.9 Å². The second-order valence-electron chi connectivity index (χ2n) is 3.69. The van der Waals surface area contributed by atoms with Crippen LogP contribution in [0.2, 0.25) is 15.1 Å². The van der Waals surface area contributed by atoms with Gasteiger partial charge in [0.2, 0.25) is 11.8 Å². The predicted molar refractivity (Wildman–Crippen MR) is 67.8 cm³/mol. The monoisotopic (exact) mass is 291 g/mol. The minimum absolute atomic E-state index is 0.200. The van der Waals surface area contributed by atoms with Crippen molar-refractivity contribution in [2.75, 3.05) is 4.90 Å². The first-order valence-electron chi connectivity index (χ1n) is 5.01. The highest BCUT2D eigenvalue weighted by Gasteiger charge is 2.30. The number of benzene rings is 1. The lowest BCUT2D eigenvalue weighted by molar-refractivity contribution is -0.129. The first-order valence-corrected chi connectivity index (χ1v) is 6.14. The molecule has 0 spiro atoms. The van der Waals surface area contributed by atoms with Crippen LogP contribution in [0.1, 0.15) is 19.3 Å². The van der Waals surface area contributed by atoms with E-state index in [9.17, 15) is 9.59 Å². The molecule has 0 atom stereocenters. The van der Waals surface area contributed by atoms with Crippen LogP contribution in [-0.2, 0) is 9.59 Å². The Bertz CT molecular complexity index is 462. The van der Waals surface area contributed by atoms with Crippen molar-refractivity contribution in [2.45, 2.75) is 19.3 Å². The number of carbonyl (C=O) groups excluding carboxylic acids is 2. The summed E-state index contributed by atoms with van der Waals surface area (Å²) in [5, 5.41) is 0.762. The molecular weight excluding hydrogens is 284 g/mol. The highest BCUT2D eigenvalue weighted by Crippen LogP contribution is 2.38. The van der Waals surface area contributed by atoms with Crippen LogP contribution in [0.3, 0.4) is 0 Å². The zero-order valence-corrected chi connectivity index (χ0v) is 10.9. The number of imide groups is 1. The molecule has 0 radical (unpaired) electrons. The molecule has 17 heavy (non-hydrogen) atoms. The summed E-state index contributed by atoms with van der Waals surface area (Å²) < 4.78 is 0. The maximum Gasteiger partial charge on any atom is 0.233 e. The van der Waals surface area contributed by atoms with Crippen LogP contribution in [0.5, 0.6) is 0 Å². The van der Waals surface area contributed by atoms with Crippen molar-refractivity contribution in [1.29, 1.82) is 0 Å². The van der Waals surface area contributed by atoms with E-state index in [0.29, 0.717) is 24.3 Å². The fourth-order valence-corrected chi connectivity index (χ4v) is 2.74. The summed E-state index contributed by atoms with van der Waals surface area (Å²) in [6.07, 6.45) is 1.21. The standard InChI is InChI=1S/C11H8Cl3NO2/c12-6-4-7(13)11(8(14)5-6)15-9(16)2-1-3-10(15)17/h4-5H,1-3H2. The topological polar surface area (TPSA) is 37.4 Å². The van der Waals surface area contributed by atoms with Crippen LogP contribution in [0, 0.1) is 0 Å². The van der Waals surface area contributed by atoms with Crippen molar-refractivity contribution in [3.8, 4) is 0 Å². The molecule has 0 N–H and O–H groups in total. The van der Waals surface area contributed by atoms with E-state index >= 15 is 0 Å². The number of anilines is 1. The van der Waals surface area contributed by atoms with Gasteiger partial charge in [0.15, 0.2) is 0 Å². The first-order chi connectivity index (χ1) is 8.00. The summed E-state index contributed by atoms with van der Waals surface area (Å²) in [5.74, 6) is -0.570. The first kappa shape index (κ1) is 12.7. The van der Waals surface area contributed by atoms with Crippen LogP contribution in [-0.4, -0.2) is 11.8 Å². The maximum atomic E-state index is 11.7. The number of rotatable bonds is 1. The van der Waals surface area contributed by atoms with E-state index in [4.69, 9.17) is 34.8 Å². The maximum absolute atomic E-state index is 11.7. The molecule has 0 aromatic heterocycles. The number of nitrogens with zero attached hydrogens (tertiary/aromatic N) is 1. The van der Waals surface area contributed by atoms with Gasteiger partial charge in [0.25, 0.3) is 0 Å². The van der Waals surface area contributed by atoms with Crippen LogP contribution >= 0.6 is 34.8 Å².